The number of ether oxygens (including phenoxy) is 1. The van der Waals surface area contributed by atoms with Gasteiger partial charge in [0.1, 0.15) is 0 Å². The van der Waals surface area contributed by atoms with E-state index >= 15 is 0 Å². The lowest BCUT2D eigenvalue weighted by Gasteiger charge is -2.15. The first-order valence-corrected chi connectivity index (χ1v) is 7.21. The lowest BCUT2D eigenvalue weighted by atomic mass is 10.00. The van der Waals surface area contributed by atoms with E-state index in [1.807, 2.05) is 6.07 Å². The molecule has 0 atom stereocenters. The van der Waals surface area contributed by atoms with Crippen molar-refractivity contribution in [2.24, 2.45) is 5.84 Å². The third-order valence-corrected chi connectivity index (χ3v) is 4.17. The van der Waals surface area contributed by atoms with Crippen LogP contribution < -0.4 is 11.3 Å². The monoisotopic (exact) mass is 271 g/mol. The number of benzene rings is 1. The zero-order valence-corrected chi connectivity index (χ0v) is 11.9. The summed E-state index contributed by atoms with van der Waals surface area (Å²) in [5.74, 6) is 6.27. The molecule has 20 heavy (non-hydrogen) atoms. The van der Waals surface area contributed by atoms with Gasteiger partial charge in [-0.15, -0.1) is 0 Å². The van der Waals surface area contributed by atoms with E-state index in [4.69, 9.17) is 15.6 Å². The Balaban J connectivity index is 2.15. The zero-order valence-electron chi connectivity index (χ0n) is 11.9. The minimum absolute atomic E-state index is 0.571. The van der Waals surface area contributed by atoms with Crippen LogP contribution in [0.25, 0.3) is 10.9 Å². The van der Waals surface area contributed by atoms with Gasteiger partial charge < -0.3 is 10.2 Å². The molecule has 1 fully saturated rings. The topological polar surface area (TPSA) is 60.2 Å². The Labute approximate surface area is 119 Å². The summed E-state index contributed by atoms with van der Waals surface area (Å²) in [6, 6.07) is 8.25. The van der Waals surface area contributed by atoms with E-state index in [1.54, 1.807) is 7.11 Å². The van der Waals surface area contributed by atoms with Crippen molar-refractivity contribution in [2.75, 3.05) is 12.5 Å². The fourth-order valence-electron chi connectivity index (χ4n) is 3.15. The van der Waals surface area contributed by atoms with Crippen molar-refractivity contribution in [3.8, 4) is 0 Å². The van der Waals surface area contributed by atoms with Crippen LogP contribution in [0.3, 0.4) is 0 Å². The van der Waals surface area contributed by atoms with E-state index in [2.05, 4.69) is 23.6 Å². The number of rotatable bonds is 4. The van der Waals surface area contributed by atoms with Crippen molar-refractivity contribution >= 4 is 16.6 Å². The Bertz CT molecular complexity index is 606. The molecule has 1 heterocycles. The van der Waals surface area contributed by atoms with Crippen molar-refractivity contribution in [1.82, 2.24) is 4.98 Å². The number of fused-ring (bicyclic) bond motifs is 1. The Kier molecular flexibility index (Phi) is 3.85. The van der Waals surface area contributed by atoms with Gasteiger partial charge in [-0.05, 0) is 18.9 Å². The third-order valence-electron chi connectivity index (χ3n) is 4.17. The quantitative estimate of drug-likeness (QED) is 0.661. The molecule has 1 aliphatic rings. The van der Waals surface area contributed by atoms with Gasteiger partial charge in [-0.3, -0.25) is 10.8 Å². The first-order chi connectivity index (χ1) is 9.83. The second kappa shape index (κ2) is 5.77. The molecule has 106 valence electrons. The molecule has 0 bridgehead atoms. The number of methoxy groups -OCH3 is 1. The van der Waals surface area contributed by atoms with Gasteiger partial charge >= 0.3 is 0 Å². The molecular formula is C16H21N3O. The summed E-state index contributed by atoms with van der Waals surface area (Å²) in [5, 5.41) is 1.06. The number of hydrazine groups is 1. The largest absolute Gasteiger partial charge is 0.380 e. The van der Waals surface area contributed by atoms with Gasteiger partial charge in [0.05, 0.1) is 17.8 Å². The van der Waals surface area contributed by atoms with Gasteiger partial charge in [-0.25, -0.2) is 0 Å². The second-order valence-electron chi connectivity index (χ2n) is 5.47. The number of nitrogen functional groups attached to an aromatic ring is 1. The maximum absolute atomic E-state index is 5.70. The third kappa shape index (κ3) is 2.37. The minimum atomic E-state index is 0.571. The van der Waals surface area contributed by atoms with Crippen molar-refractivity contribution in [3.63, 3.8) is 0 Å². The number of aromatic nitrogens is 1. The lowest BCUT2D eigenvalue weighted by Crippen LogP contribution is -2.10. The van der Waals surface area contributed by atoms with Crippen molar-refractivity contribution in [1.29, 1.82) is 0 Å². The number of nitrogens with two attached hydrogens (primary N) is 1. The van der Waals surface area contributed by atoms with E-state index in [1.165, 1.54) is 25.7 Å². The molecule has 0 radical (unpaired) electrons. The van der Waals surface area contributed by atoms with Gasteiger partial charge in [0, 0.05) is 29.7 Å². The average Bonchev–Trinajstić information content (AvgIpc) is 3.01. The number of para-hydroxylation sites is 1. The Hall–Kier alpha value is -1.65. The molecule has 1 aromatic carbocycles. The van der Waals surface area contributed by atoms with Crippen molar-refractivity contribution in [3.05, 3.63) is 35.5 Å². The number of pyridine rings is 1. The summed E-state index contributed by atoms with van der Waals surface area (Å²) in [7, 11) is 1.71. The van der Waals surface area contributed by atoms with Gasteiger partial charge in [-0.2, -0.15) is 0 Å². The predicted octanol–water partition coefficient (Wildman–Crippen LogP) is 3.32. The number of nitrogens with zero attached hydrogens (tertiary/aromatic N) is 1. The van der Waals surface area contributed by atoms with E-state index in [0.29, 0.717) is 12.5 Å². The molecule has 1 aromatic heterocycles. The Morgan fingerprint density at radius 1 is 1.35 bits per heavy atom. The molecule has 0 amide bonds. The fraction of sp³-hybridized carbons (Fsp3) is 0.438. The summed E-state index contributed by atoms with van der Waals surface area (Å²) < 4.78 is 5.28. The van der Waals surface area contributed by atoms with Gasteiger partial charge in [0.15, 0.2) is 0 Å². The number of hydrogen-bond donors (Lipinski definition) is 2. The SMILES string of the molecule is COCc1cccc2c(NN)cc(C3CCCC3)nc12. The molecule has 1 saturated carbocycles. The molecule has 0 aliphatic heterocycles. The summed E-state index contributed by atoms with van der Waals surface area (Å²) in [4.78, 5) is 4.91. The molecule has 3 N–H and O–H groups in total. The summed E-state index contributed by atoms with van der Waals surface area (Å²) in [6.07, 6.45) is 5.06. The second-order valence-corrected chi connectivity index (χ2v) is 5.47. The van der Waals surface area contributed by atoms with E-state index in [-0.39, 0.29) is 0 Å². The van der Waals surface area contributed by atoms with Crippen LogP contribution in [0.15, 0.2) is 24.3 Å². The van der Waals surface area contributed by atoms with Gasteiger partial charge in [0.2, 0.25) is 0 Å². The highest BCUT2D eigenvalue weighted by molar-refractivity contribution is 5.93. The van der Waals surface area contributed by atoms with Crippen molar-refractivity contribution < 1.29 is 4.74 Å². The molecule has 1 aliphatic carbocycles. The Morgan fingerprint density at radius 2 is 2.15 bits per heavy atom. The van der Waals surface area contributed by atoms with Crippen molar-refractivity contribution in [2.45, 2.75) is 38.2 Å². The number of anilines is 1. The van der Waals surface area contributed by atoms with Gasteiger partial charge in [-0.1, -0.05) is 31.0 Å². The summed E-state index contributed by atoms with van der Waals surface area (Å²) in [6.45, 7) is 0.572. The Morgan fingerprint density at radius 3 is 2.85 bits per heavy atom. The highest BCUT2D eigenvalue weighted by Gasteiger charge is 2.20. The molecule has 4 nitrogen and oxygen atoms in total. The van der Waals surface area contributed by atoms with Crippen LogP contribution in [0.2, 0.25) is 0 Å². The summed E-state index contributed by atoms with van der Waals surface area (Å²) >= 11 is 0. The average molecular weight is 271 g/mol. The van der Waals surface area contributed by atoms with Crippen LogP contribution in [-0.4, -0.2) is 12.1 Å². The molecule has 0 unspecified atom stereocenters. The van der Waals surface area contributed by atoms with E-state index in [9.17, 15) is 0 Å². The first-order valence-electron chi connectivity index (χ1n) is 7.21. The first kappa shape index (κ1) is 13.3. The van der Waals surface area contributed by atoms with Crippen LogP contribution in [0.1, 0.15) is 42.9 Å². The van der Waals surface area contributed by atoms with Crippen LogP contribution >= 0.6 is 0 Å². The number of hydrogen-bond acceptors (Lipinski definition) is 4. The zero-order chi connectivity index (χ0) is 13.9. The maximum atomic E-state index is 5.70. The highest BCUT2D eigenvalue weighted by Crippen LogP contribution is 2.36. The van der Waals surface area contributed by atoms with Crippen LogP contribution in [-0.2, 0) is 11.3 Å². The van der Waals surface area contributed by atoms with Crippen LogP contribution in [0.5, 0.6) is 0 Å². The molecule has 2 aromatic rings. The predicted molar refractivity (Wildman–Crippen MR) is 81.5 cm³/mol. The highest BCUT2D eigenvalue weighted by atomic mass is 16.5. The molecule has 0 saturated heterocycles. The normalized spacial score (nSPS) is 15.9. The van der Waals surface area contributed by atoms with E-state index in [0.717, 1.165) is 27.8 Å². The van der Waals surface area contributed by atoms with Crippen LogP contribution in [0, 0.1) is 0 Å². The molecule has 4 heteroatoms. The molecule has 3 rings (SSSR count). The minimum Gasteiger partial charge on any atom is -0.380 e. The summed E-state index contributed by atoms with van der Waals surface area (Å²) in [5.41, 5.74) is 7.05. The number of nitrogens with one attached hydrogen (secondary N) is 1. The standard InChI is InChI=1S/C16H21N3O/c1-20-10-12-7-4-8-13-15(19-17)9-14(18-16(12)13)11-5-2-3-6-11/h4,7-9,11H,2-3,5-6,10,17H2,1H3,(H,18,19). The molecule has 0 spiro atoms. The van der Waals surface area contributed by atoms with Crippen LogP contribution in [0.4, 0.5) is 5.69 Å². The maximum Gasteiger partial charge on any atom is 0.0781 e. The molecular weight excluding hydrogens is 250 g/mol. The fourth-order valence-corrected chi connectivity index (χ4v) is 3.15. The smallest absolute Gasteiger partial charge is 0.0781 e. The van der Waals surface area contributed by atoms with E-state index < -0.39 is 0 Å². The lowest BCUT2D eigenvalue weighted by molar-refractivity contribution is 0.186. The van der Waals surface area contributed by atoms with Gasteiger partial charge in [0.25, 0.3) is 0 Å².